The monoisotopic (exact) mass is 404 g/mol. The van der Waals surface area contributed by atoms with Gasteiger partial charge in [-0.2, -0.15) is 0 Å². The molecule has 2 aliphatic rings. The quantitative estimate of drug-likeness (QED) is 0.612. The minimum atomic E-state index is 0. The summed E-state index contributed by atoms with van der Waals surface area (Å²) in [7, 11) is 0. The molecule has 2 rings (SSSR count). The van der Waals surface area contributed by atoms with Crippen LogP contribution < -0.4 is 10.6 Å². The number of likely N-dealkylation sites (N-methyl/N-ethyl adjacent to an activating group) is 1. The third-order valence-corrected chi connectivity index (χ3v) is 4.55. The molecule has 0 radical (unpaired) electrons. The van der Waals surface area contributed by atoms with Crippen LogP contribution in [0.1, 0.15) is 26.7 Å². The Hall–Kier alpha value is 0.220. The van der Waals surface area contributed by atoms with Crippen LogP contribution in [-0.2, 0) is 4.79 Å². The molecule has 146 valence electrons. The lowest BCUT2D eigenvalue weighted by molar-refractivity contribution is -0.120. The number of hydrogen-bond acceptors (Lipinski definition) is 4. The fraction of sp³-hybridized carbons (Fsp3) is 0.938. The molecule has 24 heavy (non-hydrogen) atoms. The number of nitrogens with zero attached hydrogens (tertiary/aromatic N) is 2. The summed E-state index contributed by atoms with van der Waals surface area (Å²) < 4.78 is 0. The summed E-state index contributed by atoms with van der Waals surface area (Å²) in [5.41, 5.74) is 0. The Bertz CT molecular complexity index is 324. The summed E-state index contributed by atoms with van der Waals surface area (Å²) in [6, 6.07) is 0. The highest BCUT2D eigenvalue weighted by Crippen LogP contribution is 2.27. The topological polar surface area (TPSA) is 47.6 Å². The molecule has 1 aliphatic carbocycles. The Kier molecular flexibility index (Phi) is 15.9. The zero-order valence-electron chi connectivity index (χ0n) is 15.0. The van der Waals surface area contributed by atoms with Gasteiger partial charge in [0.1, 0.15) is 0 Å². The predicted octanol–water partition coefficient (Wildman–Crippen LogP) is 1.64. The van der Waals surface area contributed by atoms with Crippen molar-refractivity contribution in [1.82, 2.24) is 20.4 Å². The normalized spacial score (nSPS) is 19.4. The largest absolute Gasteiger partial charge is 0.355 e. The standard InChI is InChI=1S/C16H32N4O.3ClH/c1-3-19-6-8-20(9-7-19)13-14(2)10-18-16(21)12-17-11-15-4-5-15;;;/h14-15,17H,3-13H2,1-2H3,(H,18,21);3*1H. The minimum absolute atomic E-state index is 0. The maximum Gasteiger partial charge on any atom is 0.233 e. The summed E-state index contributed by atoms with van der Waals surface area (Å²) in [6.07, 6.45) is 2.66. The third kappa shape index (κ3) is 11.0. The third-order valence-electron chi connectivity index (χ3n) is 4.55. The lowest BCUT2D eigenvalue weighted by Gasteiger charge is -2.35. The van der Waals surface area contributed by atoms with Crippen LogP contribution in [0.15, 0.2) is 0 Å². The van der Waals surface area contributed by atoms with Gasteiger partial charge in [-0.15, -0.1) is 37.2 Å². The number of carbonyl (C=O) groups is 1. The second-order valence-electron chi connectivity index (χ2n) is 6.72. The number of rotatable bonds is 9. The van der Waals surface area contributed by atoms with E-state index in [2.05, 4.69) is 34.3 Å². The number of amides is 1. The van der Waals surface area contributed by atoms with Gasteiger partial charge in [-0.1, -0.05) is 13.8 Å². The number of halogens is 3. The van der Waals surface area contributed by atoms with Crippen molar-refractivity contribution in [2.45, 2.75) is 26.7 Å². The summed E-state index contributed by atoms with van der Waals surface area (Å²) in [6.45, 7) is 13.7. The average Bonchev–Trinajstić information content (AvgIpc) is 3.30. The number of nitrogens with one attached hydrogen (secondary N) is 2. The van der Waals surface area contributed by atoms with Gasteiger partial charge in [0.2, 0.25) is 5.91 Å². The van der Waals surface area contributed by atoms with Crippen LogP contribution in [0.4, 0.5) is 0 Å². The van der Waals surface area contributed by atoms with Gasteiger partial charge in [0.15, 0.2) is 0 Å². The van der Waals surface area contributed by atoms with E-state index in [4.69, 9.17) is 0 Å². The smallest absolute Gasteiger partial charge is 0.233 e. The van der Waals surface area contributed by atoms with Crippen LogP contribution >= 0.6 is 37.2 Å². The lowest BCUT2D eigenvalue weighted by atomic mass is 10.1. The van der Waals surface area contributed by atoms with Gasteiger partial charge < -0.3 is 20.4 Å². The van der Waals surface area contributed by atoms with Gasteiger partial charge in [0.25, 0.3) is 0 Å². The van der Waals surface area contributed by atoms with Crippen LogP contribution in [0.3, 0.4) is 0 Å². The number of piperazine rings is 1. The van der Waals surface area contributed by atoms with E-state index in [0.29, 0.717) is 12.5 Å². The maximum atomic E-state index is 11.7. The fourth-order valence-electron chi connectivity index (χ4n) is 2.86. The van der Waals surface area contributed by atoms with Crippen LogP contribution in [0.25, 0.3) is 0 Å². The number of hydrogen-bond donors (Lipinski definition) is 2. The Labute approximate surface area is 165 Å². The van der Waals surface area contributed by atoms with Gasteiger partial charge in [-0.3, -0.25) is 4.79 Å². The van der Waals surface area contributed by atoms with Crippen molar-refractivity contribution in [3.05, 3.63) is 0 Å². The molecule has 0 aromatic carbocycles. The van der Waals surface area contributed by atoms with Crippen molar-refractivity contribution in [2.75, 3.05) is 58.9 Å². The molecule has 1 unspecified atom stereocenters. The summed E-state index contributed by atoms with van der Waals surface area (Å²) in [5.74, 6) is 1.49. The molecule has 1 aliphatic heterocycles. The summed E-state index contributed by atoms with van der Waals surface area (Å²) in [5, 5.41) is 6.28. The van der Waals surface area contributed by atoms with E-state index in [1.54, 1.807) is 0 Å². The van der Waals surface area contributed by atoms with E-state index in [1.165, 1.54) is 25.9 Å². The zero-order valence-corrected chi connectivity index (χ0v) is 17.4. The van der Waals surface area contributed by atoms with Gasteiger partial charge >= 0.3 is 0 Å². The Balaban J connectivity index is 0. The predicted molar refractivity (Wildman–Crippen MR) is 108 cm³/mol. The van der Waals surface area contributed by atoms with E-state index in [9.17, 15) is 4.79 Å². The molecule has 1 atom stereocenters. The van der Waals surface area contributed by atoms with E-state index in [1.807, 2.05) is 0 Å². The Morgan fingerprint density at radius 2 is 1.67 bits per heavy atom. The van der Waals surface area contributed by atoms with Crippen LogP contribution in [0.2, 0.25) is 0 Å². The maximum absolute atomic E-state index is 11.7. The summed E-state index contributed by atoms with van der Waals surface area (Å²) >= 11 is 0. The number of carbonyl (C=O) groups excluding carboxylic acids is 1. The van der Waals surface area contributed by atoms with E-state index in [0.717, 1.165) is 45.2 Å². The minimum Gasteiger partial charge on any atom is -0.355 e. The molecule has 0 aromatic heterocycles. The molecule has 2 fully saturated rings. The average molecular weight is 406 g/mol. The van der Waals surface area contributed by atoms with E-state index < -0.39 is 0 Å². The molecule has 8 heteroatoms. The van der Waals surface area contributed by atoms with Crippen molar-refractivity contribution < 1.29 is 4.79 Å². The second kappa shape index (κ2) is 14.4. The zero-order chi connectivity index (χ0) is 15.1. The van der Waals surface area contributed by atoms with Gasteiger partial charge in [0.05, 0.1) is 6.54 Å². The molecular formula is C16H35Cl3N4O. The molecular weight excluding hydrogens is 371 g/mol. The highest BCUT2D eigenvalue weighted by atomic mass is 35.5. The van der Waals surface area contributed by atoms with E-state index in [-0.39, 0.29) is 43.1 Å². The van der Waals surface area contributed by atoms with Crippen molar-refractivity contribution in [2.24, 2.45) is 11.8 Å². The molecule has 5 nitrogen and oxygen atoms in total. The molecule has 1 amide bonds. The lowest BCUT2D eigenvalue weighted by Crippen LogP contribution is -2.48. The Morgan fingerprint density at radius 3 is 2.21 bits per heavy atom. The highest BCUT2D eigenvalue weighted by Gasteiger charge is 2.21. The molecule has 1 heterocycles. The van der Waals surface area contributed by atoms with Crippen LogP contribution in [-0.4, -0.2) is 74.6 Å². The SMILES string of the molecule is CCN1CCN(CC(C)CNC(=O)CNCC2CC2)CC1.Cl.Cl.Cl. The van der Waals surface area contributed by atoms with E-state index >= 15 is 0 Å². The first-order valence-corrected chi connectivity index (χ1v) is 8.59. The van der Waals surface area contributed by atoms with Crippen molar-refractivity contribution >= 4 is 43.1 Å². The molecule has 1 saturated heterocycles. The second-order valence-corrected chi connectivity index (χ2v) is 6.72. The Morgan fingerprint density at radius 1 is 1.08 bits per heavy atom. The van der Waals surface area contributed by atoms with Gasteiger partial charge in [0, 0.05) is 39.3 Å². The molecule has 1 saturated carbocycles. The first-order valence-electron chi connectivity index (χ1n) is 8.59. The first kappa shape index (κ1) is 26.4. The molecule has 0 spiro atoms. The fourth-order valence-corrected chi connectivity index (χ4v) is 2.86. The van der Waals surface area contributed by atoms with Crippen molar-refractivity contribution in [1.29, 1.82) is 0 Å². The first-order chi connectivity index (χ1) is 10.2. The highest BCUT2D eigenvalue weighted by molar-refractivity contribution is 5.86. The van der Waals surface area contributed by atoms with Gasteiger partial charge in [-0.05, 0) is 37.8 Å². The van der Waals surface area contributed by atoms with Crippen LogP contribution in [0, 0.1) is 11.8 Å². The van der Waals surface area contributed by atoms with Gasteiger partial charge in [-0.25, -0.2) is 0 Å². The molecule has 2 N–H and O–H groups in total. The van der Waals surface area contributed by atoms with Crippen molar-refractivity contribution in [3.8, 4) is 0 Å². The summed E-state index contributed by atoms with van der Waals surface area (Å²) in [4.78, 5) is 16.7. The van der Waals surface area contributed by atoms with Crippen LogP contribution in [0.5, 0.6) is 0 Å². The molecule has 0 bridgehead atoms. The van der Waals surface area contributed by atoms with Crippen molar-refractivity contribution in [3.63, 3.8) is 0 Å². The molecule has 0 aromatic rings.